The van der Waals surface area contributed by atoms with Crippen molar-refractivity contribution in [3.05, 3.63) is 29.8 Å². The molecule has 90 valence electrons. The van der Waals surface area contributed by atoms with Gasteiger partial charge in [-0.1, -0.05) is 0 Å². The Morgan fingerprint density at radius 2 is 1.94 bits per heavy atom. The SMILES string of the molecule is COCCNCCOc1ccc(F)cc1F. The van der Waals surface area contributed by atoms with Gasteiger partial charge in [0.05, 0.1) is 6.61 Å². The van der Waals surface area contributed by atoms with E-state index in [0.29, 0.717) is 26.3 Å². The van der Waals surface area contributed by atoms with Crippen LogP contribution in [-0.4, -0.2) is 33.4 Å². The van der Waals surface area contributed by atoms with Crippen molar-refractivity contribution in [2.24, 2.45) is 0 Å². The van der Waals surface area contributed by atoms with Crippen LogP contribution < -0.4 is 10.1 Å². The van der Waals surface area contributed by atoms with E-state index in [2.05, 4.69) is 5.32 Å². The molecule has 5 heteroatoms. The van der Waals surface area contributed by atoms with Gasteiger partial charge < -0.3 is 14.8 Å². The number of methoxy groups -OCH3 is 1. The molecule has 0 aliphatic rings. The van der Waals surface area contributed by atoms with Gasteiger partial charge in [-0.25, -0.2) is 8.78 Å². The van der Waals surface area contributed by atoms with Crippen LogP contribution in [0, 0.1) is 11.6 Å². The number of hydrogen-bond acceptors (Lipinski definition) is 3. The van der Waals surface area contributed by atoms with Gasteiger partial charge in [0.2, 0.25) is 0 Å². The summed E-state index contributed by atoms with van der Waals surface area (Å²) in [6.07, 6.45) is 0. The molecule has 3 nitrogen and oxygen atoms in total. The highest BCUT2D eigenvalue weighted by Gasteiger charge is 2.03. The molecule has 0 amide bonds. The maximum absolute atomic E-state index is 13.1. The quantitative estimate of drug-likeness (QED) is 0.723. The van der Waals surface area contributed by atoms with E-state index in [0.717, 1.165) is 12.1 Å². The summed E-state index contributed by atoms with van der Waals surface area (Å²) < 4.78 is 35.6. The normalized spacial score (nSPS) is 10.4. The Kier molecular flexibility index (Phi) is 5.74. The average molecular weight is 231 g/mol. The van der Waals surface area contributed by atoms with Crippen LogP contribution in [-0.2, 0) is 4.74 Å². The minimum absolute atomic E-state index is 0.0648. The summed E-state index contributed by atoms with van der Waals surface area (Å²) in [4.78, 5) is 0. The Morgan fingerprint density at radius 3 is 2.62 bits per heavy atom. The van der Waals surface area contributed by atoms with Crippen LogP contribution in [0.5, 0.6) is 5.75 Å². The molecule has 0 radical (unpaired) electrons. The number of rotatable bonds is 7. The van der Waals surface area contributed by atoms with Crippen molar-refractivity contribution >= 4 is 0 Å². The van der Waals surface area contributed by atoms with Gasteiger partial charge in [0.15, 0.2) is 11.6 Å². The number of nitrogens with one attached hydrogen (secondary N) is 1. The van der Waals surface area contributed by atoms with Gasteiger partial charge in [-0.15, -0.1) is 0 Å². The van der Waals surface area contributed by atoms with Crippen molar-refractivity contribution in [2.75, 3.05) is 33.4 Å². The second-order valence-electron chi connectivity index (χ2n) is 3.17. The number of benzene rings is 1. The van der Waals surface area contributed by atoms with Gasteiger partial charge in [-0.2, -0.15) is 0 Å². The number of hydrogen-bond donors (Lipinski definition) is 1. The molecule has 0 fully saturated rings. The molecular formula is C11H15F2NO2. The first-order valence-electron chi connectivity index (χ1n) is 5.01. The average Bonchev–Trinajstić information content (AvgIpc) is 2.26. The summed E-state index contributed by atoms with van der Waals surface area (Å²) in [5.74, 6) is -1.23. The monoisotopic (exact) mass is 231 g/mol. The molecule has 0 heterocycles. The van der Waals surface area contributed by atoms with Gasteiger partial charge in [-0.05, 0) is 12.1 Å². The van der Waals surface area contributed by atoms with E-state index in [-0.39, 0.29) is 5.75 Å². The zero-order chi connectivity index (χ0) is 11.8. The molecule has 0 saturated heterocycles. The van der Waals surface area contributed by atoms with Crippen molar-refractivity contribution in [3.8, 4) is 5.75 Å². The van der Waals surface area contributed by atoms with Crippen molar-refractivity contribution in [2.45, 2.75) is 0 Å². The summed E-state index contributed by atoms with van der Waals surface area (Å²) in [6, 6.07) is 3.24. The highest BCUT2D eigenvalue weighted by molar-refractivity contribution is 5.24. The van der Waals surface area contributed by atoms with Crippen LogP contribution in [0.3, 0.4) is 0 Å². The zero-order valence-corrected chi connectivity index (χ0v) is 9.13. The Hall–Kier alpha value is -1.20. The summed E-state index contributed by atoms with van der Waals surface area (Å²) in [5, 5.41) is 3.04. The molecule has 1 N–H and O–H groups in total. The van der Waals surface area contributed by atoms with Crippen molar-refractivity contribution < 1.29 is 18.3 Å². The van der Waals surface area contributed by atoms with Crippen LogP contribution in [0.1, 0.15) is 0 Å². The lowest BCUT2D eigenvalue weighted by atomic mass is 10.3. The highest BCUT2D eigenvalue weighted by atomic mass is 19.1. The molecular weight excluding hydrogens is 216 g/mol. The second-order valence-corrected chi connectivity index (χ2v) is 3.17. The smallest absolute Gasteiger partial charge is 0.167 e. The molecule has 0 saturated carbocycles. The van der Waals surface area contributed by atoms with Crippen LogP contribution in [0.15, 0.2) is 18.2 Å². The third-order valence-electron chi connectivity index (χ3n) is 1.91. The van der Waals surface area contributed by atoms with E-state index < -0.39 is 11.6 Å². The van der Waals surface area contributed by atoms with Gasteiger partial charge >= 0.3 is 0 Å². The predicted octanol–water partition coefficient (Wildman–Crippen LogP) is 1.58. The van der Waals surface area contributed by atoms with E-state index in [4.69, 9.17) is 9.47 Å². The lowest BCUT2D eigenvalue weighted by Gasteiger charge is -2.07. The van der Waals surface area contributed by atoms with Crippen LogP contribution in [0.4, 0.5) is 8.78 Å². The predicted molar refractivity (Wildman–Crippen MR) is 56.6 cm³/mol. The van der Waals surface area contributed by atoms with E-state index in [1.54, 1.807) is 7.11 Å². The molecule has 0 atom stereocenters. The Morgan fingerprint density at radius 1 is 1.19 bits per heavy atom. The Labute approximate surface area is 93.4 Å². The maximum Gasteiger partial charge on any atom is 0.167 e. The molecule has 0 spiro atoms. The van der Waals surface area contributed by atoms with Crippen LogP contribution in [0.2, 0.25) is 0 Å². The summed E-state index contributed by atoms with van der Waals surface area (Å²) in [5.41, 5.74) is 0. The Balaban J connectivity index is 2.21. The molecule has 16 heavy (non-hydrogen) atoms. The lowest BCUT2D eigenvalue weighted by Crippen LogP contribution is -2.24. The first-order valence-corrected chi connectivity index (χ1v) is 5.01. The minimum Gasteiger partial charge on any atom is -0.489 e. The first kappa shape index (κ1) is 12.9. The third-order valence-corrected chi connectivity index (χ3v) is 1.91. The molecule has 0 aliphatic heterocycles. The van der Waals surface area contributed by atoms with Gasteiger partial charge in [-0.3, -0.25) is 0 Å². The number of ether oxygens (including phenoxy) is 2. The highest BCUT2D eigenvalue weighted by Crippen LogP contribution is 2.16. The Bertz CT molecular complexity index is 321. The van der Waals surface area contributed by atoms with Crippen molar-refractivity contribution in [1.82, 2.24) is 5.32 Å². The van der Waals surface area contributed by atoms with E-state index in [1.807, 2.05) is 0 Å². The standard InChI is InChI=1S/C11H15F2NO2/c1-15-6-4-14-5-7-16-11-3-2-9(12)8-10(11)13/h2-3,8,14H,4-7H2,1H3. The topological polar surface area (TPSA) is 30.5 Å². The molecule has 0 unspecified atom stereocenters. The van der Waals surface area contributed by atoms with Gasteiger partial charge in [0.1, 0.15) is 12.4 Å². The second kappa shape index (κ2) is 7.14. The van der Waals surface area contributed by atoms with Gasteiger partial charge in [0.25, 0.3) is 0 Å². The van der Waals surface area contributed by atoms with E-state index in [1.165, 1.54) is 6.07 Å². The maximum atomic E-state index is 13.1. The van der Waals surface area contributed by atoms with Crippen molar-refractivity contribution in [1.29, 1.82) is 0 Å². The molecule has 0 aliphatic carbocycles. The number of halogens is 2. The zero-order valence-electron chi connectivity index (χ0n) is 9.13. The minimum atomic E-state index is -0.683. The first-order chi connectivity index (χ1) is 7.74. The molecule has 0 bridgehead atoms. The molecule has 1 aromatic carbocycles. The molecule has 0 aromatic heterocycles. The molecule has 1 aromatic rings. The summed E-state index contributed by atoms with van der Waals surface area (Å²) in [7, 11) is 1.62. The van der Waals surface area contributed by atoms with E-state index >= 15 is 0 Å². The van der Waals surface area contributed by atoms with Crippen molar-refractivity contribution in [3.63, 3.8) is 0 Å². The van der Waals surface area contributed by atoms with Crippen LogP contribution in [0.25, 0.3) is 0 Å². The largest absolute Gasteiger partial charge is 0.489 e. The third kappa shape index (κ3) is 4.55. The summed E-state index contributed by atoms with van der Waals surface area (Å²) >= 11 is 0. The van der Waals surface area contributed by atoms with Gasteiger partial charge in [0, 0.05) is 26.3 Å². The van der Waals surface area contributed by atoms with Crippen LogP contribution >= 0.6 is 0 Å². The fourth-order valence-corrected chi connectivity index (χ4v) is 1.12. The van der Waals surface area contributed by atoms with E-state index in [9.17, 15) is 8.78 Å². The molecule has 1 rings (SSSR count). The summed E-state index contributed by atoms with van der Waals surface area (Å²) in [6.45, 7) is 2.24. The fraction of sp³-hybridized carbons (Fsp3) is 0.455. The fourth-order valence-electron chi connectivity index (χ4n) is 1.12. The lowest BCUT2D eigenvalue weighted by molar-refractivity contribution is 0.196.